The molecule has 0 spiro atoms. The molecule has 0 saturated carbocycles. The van der Waals surface area contributed by atoms with Crippen molar-refractivity contribution in [2.45, 2.75) is 46.1 Å². The number of likely N-dealkylation sites (N-methyl/N-ethyl adjacent to an activating group) is 1. The zero-order valence-corrected chi connectivity index (χ0v) is 23.2. The molecule has 185 valence electrons. The van der Waals surface area contributed by atoms with Crippen molar-refractivity contribution in [3.05, 3.63) is 69.7 Å². The number of nitro groups is 1. The van der Waals surface area contributed by atoms with Crippen LogP contribution >= 0.6 is 0 Å². The largest absolute Gasteiger partial charge is 0.668 e. The number of rotatable bonds is 14. The molecule has 1 N–H and O–H groups in total. The van der Waals surface area contributed by atoms with Crippen LogP contribution in [0.1, 0.15) is 44.5 Å². The molecule has 0 aliphatic rings. The minimum absolute atomic E-state index is 0. The quantitative estimate of drug-likeness (QED) is 0.157. The summed E-state index contributed by atoms with van der Waals surface area (Å²) in [6.45, 7) is 8.34. The number of benzene rings is 2. The molecule has 0 saturated heterocycles. The molecule has 1 amide bonds. The number of nitrogens with one attached hydrogen (secondary N) is 1. The number of unbranched alkanes of at least 4 members (excludes halogenated alkanes) is 1. The van der Waals surface area contributed by atoms with Crippen LogP contribution in [0.4, 0.5) is 5.69 Å². The Morgan fingerprint density at radius 2 is 1.86 bits per heavy atom. The maximum absolute atomic E-state index is 11.2. The maximum Gasteiger partial charge on any atom is 0.271 e. The molecule has 3 aromatic rings. The Morgan fingerprint density at radius 3 is 2.49 bits per heavy atom. The number of carbonyl (C=O) groups is 1. The summed E-state index contributed by atoms with van der Waals surface area (Å²) < 4.78 is 7.89. The van der Waals surface area contributed by atoms with Crippen LogP contribution in [0.25, 0.3) is 16.8 Å². The first-order valence-electron chi connectivity index (χ1n) is 11.7. The van der Waals surface area contributed by atoms with Crippen molar-refractivity contribution in [1.29, 1.82) is 0 Å². The van der Waals surface area contributed by atoms with E-state index in [2.05, 4.69) is 23.3 Å². The zero-order valence-electron chi connectivity index (χ0n) is 20.4. The fourth-order valence-corrected chi connectivity index (χ4v) is 3.91. The van der Waals surface area contributed by atoms with Crippen LogP contribution in [-0.2, 0) is 50.5 Å². The van der Waals surface area contributed by atoms with E-state index in [4.69, 9.17) is 15.5 Å². The Labute approximate surface area is 231 Å². The standard InChI is InChI=1S/C25H33N5O4.Y/c1-3-28(4-2)14-15-29-23-13-10-20(30(32)33)18-22(23)27-25(29)17-19-8-11-21(12-9-19)34-16-6-5-7-24(26)31;/h8-13,18H,3-7,14-17H2,1-2H3,(H2,26,31);/p-1. The Bertz CT molecular complexity index is 1110. The van der Waals surface area contributed by atoms with E-state index in [1.165, 1.54) is 12.1 Å². The number of nitro benzene ring substituents is 1. The van der Waals surface area contributed by atoms with Crippen LogP contribution in [0.3, 0.4) is 0 Å². The first kappa shape index (κ1) is 28.9. The first-order chi connectivity index (χ1) is 16.4. The number of hydrogen-bond donors (Lipinski definition) is 0. The van der Waals surface area contributed by atoms with Crippen molar-refractivity contribution in [3.8, 4) is 5.75 Å². The van der Waals surface area contributed by atoms with E-state index >= 15 is 0 Å². The number of fused-ring (bicyclic) bond motifs is 1. The summed E-state index contributed by atoms with van der Waals surface area (Å²) >= 11 is 0. The summed E-state index contributed by atoms with van der Waals surface area (Å²) in [5.74, 6) is 1.09. The smallest absolute Gasteiger partial charge is 0.271 e. The van der Waals surface area contributed by atoms with Crippen LogP contribution in [0.2, 0.25) is 0 Å². The number of non-ortho nitro benzene ring substituents is 1. The van der Waals surface area contributed by atoms with Gasteiger partial charge in [0.25, 0.3) is 5.69 Å². The summed E-state index contributed by atoms with van der Waals surface area (Å²) in [5.41, 5.74) is 9.57. The van der Waals surface area contributed by atoms with Gasteiger partial charge < -0.3 is 24.7 Å². The molecule has 1 heterocycles. The van der Waals surface area contributed by atoms with Gasteiger partial charge in [0.2, 0.25) is 0 Å². The minimum Gasteiger partial charge on any atom is -0.668 e. The molecule has 3 rings (SSSR count). The molecule has 0 fully saturated rings. The van der Waals surface area contributed by atoms with Gasteiger partial charge in [-0.05, 0) is 56.1 Å². The number of amides is 1. The summed E-state index contributed by atoms with van der Waals surface area (Å²) in [5, 5.41) is 11.2. The number of aromatic nitrogens is 2. The summed E-state index contributed by atoms with van der Waals surface area (Å²) in [6.07, 6.45) is 2.25. The van der Waals surface area contributed by atoms with Crippen LogP contribution < -0.4 is 4.74 Å². The van der Waals surface area contributed by atoms with Crippen molar-refractivity contribution in [1.82, 2.24) is 14.5 Å². The van der Waals surface area contributed by atoms with Gasteiger partial charge in [0.15, 0.2) is 0 Å². The number of hydrogen-bond acceptors (Lipinski definition) is 6. The fraction of sp³-hybridized carbons (Fsp3) is 0.440. The second-order valence-electron chi connectivity index (χ2n) is 8.19. The SMILES string of the molecule is CCN(CC)CCn1c(Cc2ccc(OCCCCC([NH-])=O)cc2)nc2cc([N+](=O)[O-])ccc21.[Y]. The number of ether oxygens (including phenoxy) is 1. The summed E-state index contributed by atoms with van der Waals surface area (Å²) in [7, 11) is 0. The van der Waals surface area contributed by atoms with E-state index in [9.17, 15) is 14.9 Å². The molecule has 35 heavy (non-hydrogen) atoms. The van der Waals surface area contributed by atoms with Gasteiger partial charge >= 0.3 is 0 Å². The molecule has 0 bridgehead atoms. The first-order valence-corrected chi connectivity index (χ1v) is 11.7. The monoisotopic (exact) mass is 555 g/mol. The third kappa shape index (κ3) is 8.37. The Kier molecular flexibility index (Phi) is 11.8. The van der Waals surface area contributed by atoms with Crippen molar-refractivity contribution < 1.29 is 47.2 Å². The molecule has 10 heteroatoms. The molecular formula is C25H32N5O4Y-. The third-order valence-electron chi connectivity index (χ3n) is 5.91. The summed E-state index contributed by atoms with van der Waals surface area (Å²) in [4.78, 5) is 28.6. The van der Waals surface area contributed by atoms with Gasteiger partial charge in [-0.25, -0.2) is 4.98 Å². The Hall–Kier alpha value is -2.36. The molecule has 0 unspecified atom stereocenters. The van der Waals surface area contributed by atoms with Crippen molar-refractivity contribution in [3.63, 3.8) is 0 Å². The van der Waals surface area contributed by atoms with Gasteiger partial charge in [-0.1, -0.05) is 26.0 Å². The molecule has 2 aromatic carbocycles. The topological polar surface area (TPSA) is 114 Å². The van der Waals surface area contributed by atoms with E-state index < -0.39 is 10.8 Å². The zero-order chi connectivity index (χ0) is 24.5. The van der Waals surface area contributed by atoms with Crippen molar-refractivity contribution >= 4 is 22.6 Å². The molecule has 0 atom stereocenters. The van der Waals surface area contributed by atoms with E-state index in [1.807, 2.05) is 24.3 Å². The predicted octanol–water partition coefficient (Wildman–Crippen LogP) is 5.00. The number of imidazole rings is 1. The molecule has 0 aliphatic carbocycles. The fourth-order valence-electron chi connectivity index (χ4n) is 3.91. The van der Waals surface area contributed by atoms with Gasteiger partial charge in [-0.2, -0.15) is 0 Å². The van der Waals surface area contributed by atoms with E-state index in [1.54, 1.807) is 6.07 Å². The average molecular weight is 555 g/mol. The predicted molar refractivity (Wildman–Crippen MR) is 132 cm³/mol. The minimum atomic E-state index is -0.540. The van der Waals surface area contributed by atoms with Crippen LogP contribution in [0, 0.1) is 10.1 Å². The second kappa shape index (κ2) is 14.3. The normalized spacial score (nSPS) is 10.9. The van der Waals surface area contributed by atoms with Gasteiger partial charge in [-0.15, -0.1) is 0 Å². The average Bonchev–Trinajstić information content (AvgIpc) is 3.16. The number of nitrogens with zero attached hydrogens (tertiary/aromatic N) is 4. The Balaban J connectivity index is 0.00000432. The number of carbonyl (C=O) groups excluding carboxylic acids is 1. The van der Waals surface area contributed by atoms with E-state index in [0.29, 0.717) is 25.0 Å². The van der Waals surface area contributed by atoms with Gasteiger partial charge in [0, 0.05) is 70.3 Å². The van der Waals surface area contributed by atoms with E-state index in [-0.39, 0.29) is 44.8 Å². The van der Waals surface area contributed by atoms with Gasteiger partial charge in [0.1, 0.15) is 11.6 Å². The van der Waals surface area contributed by atoms with Crippen molar-refractivity contribution in [2.24, 2.45) is 0 Å². The van der Waals surface area contributed by atoms with Gasteiger partial charge in [-0.3, -0.25) is 10.1 Å². The van der Waals surface area contributed by atoms with Crippen molar-refractivity contribution in [2.75, 3.05) is 26.2 Å². The molecule has 0 aliphatic heterocycles. The maximum atomic E-state index is 11.2. The Morgan fingerprint density at radius 1 is 1.14 bits per heavy atom. The molecule has 1 radical (unpaired) electrons. The van der Waals surface area contributed by atoms with Crippen LogP contribution in [-0.4, -0.2) is 51.5 Å². The molecule has 1 aromatic heterocycles. The third-order valence-corrected chi connectivity index (χ3v) is 5.91. The molecular weight excluding hydrogens is 523 g/mol. The van der Waals surface area contributed by atoms with Crippen LogP contribution in [0.15, 0.2) is 42.5 Å². The van der Waals surface area contributed by atoms with E-state index in [0.717, 1.165) is 55.3 Å². The van der Waals surface area contributed by atoms with Crippen LogP contribution in [0.5, 0.6) is 5.75 Å². The van der Waals surface area contributed by atoms with Gasteiger partial charge in [0.05, 0.1) is 22.6 Å². The summed E-state index contributed by atoms with van der Waals surface area (Å²) in [6, 6.07) is 12.7. The second-order valence-corrected chi connectivity index (χ2v) is 8.19. The molecule has 9 nitrogen and oxygen atoms in total.